The second-order valence-electron chi connectivity index (χ2n) is 6.86. The lowest BCUT2D eigenvalue weighted by atomic mass is 9.94. The van der Waals surface area contributed by atoms with E-state index in [0.717, 1.165) is 15.3 Å². The molecular weight excluding hydrogens is 368 g/mol. The van der Waals surface area contributed by atoms with Crippen LogP contribution in [0.4, 0.5) is 0 Å². The SMILES string of the molecule is CC1(C)Cc2c(sc3nc(SCC(=O)c4ccccc4)[nH]c(=O)c23)CO1. The van der Waals surface area contributed by atoms with E-state index in [0.29, 0.717) is 29.1 Å². The smallest absolute Gasteiger partial charge is 0.260 e. The van der Waals surface area contributed by atoms with E-state index in [1.165, 1.54) is 23.1 Å². The van der Waals surface area contributed by atoms with Gasteiger partial charge in [-0.25, -0.2) is 4.98 Å². The van der Waals surface area contributed by atoms with Gasteiger partial charge in [0.2, 0.25) is 0 Å². The molecular formula is C19H18N2O3S2. The Kier molecular flexibility index (Phi) is 4.46. The van der Waals surface area contributed by atoms with Crippen LogP contribution < -0.4 is 5.56 Å². The lowest BCUT2D eigenvalue weighted by Gasteiger charge is -2.29. The lowest BCUT2D eigenvalue weighted by Crippen LogP contribution is -2.31. The first kappa shape index (κ1) is 17.5. The van der Waals surface area contributed by atoms with Gasteiger partial charge >= 0.3 is 0 Å². The van der Waals surface area contributed by atoms with Gasteiger partial charge in [0.1, 0.15) is 4.83 Å². The van der Waals surface area contributed by atoms with E-state index in [-0.39, 0.29) is 22.7 Å². The molecule has 3 aromatic rings. The molecule has 1 aliphatic heterocycles. The first-order chi connectivity index (χ1) is 12.4. The zero-order valence-electron chi connectivity index (χ0n) is 14.5. The molecule has 0 aliphatic carbocycles. The van der Waals surface area contributed by atoms with Gasteiger partial charge in [-0.2, -0.15) is 0 Å². The van der Waals surface area contributed by atoms with Crippen molar-refractivity contribution in [2.45, 2.75) is 37.6 Å². The third-order valence-electron chi connectivity index (χ3n) is 4.35. The van der Waals surface area contributed by atoms with Crippen LogP contribution in [0.25, 0.3) is 10.2 Å². The van der Waals surface area contributed by atoms with Crippen molar-refractivity contribution in [3.05, 3.63) is 56.7 Å². The van der Waals surface area contributed by atoms with E-state index >= 15 is 0 Å². The van der Waals surface area contributed by atoms with E-state index in [1.807, 2.05) is 32.0 Å². The summed E-state index contributed by atoms with van der Waals surface area (Å²) in [6.07, 6.45) is 0.700. The highest BCUT2D eigenvalue weighted by Crippen LogP contribution is 2.37. The van der Waals surface area contributed by atoms with Gasteiger partial charge in [0.25, 0.3) is 5.56 Å². The van der Waals surface area contributed by atoms with Gasteiger partial charge in [-0.05, 0) is 19.4 Å². The number of thiophene rings is 1. The summed E-state index contributed by atoms with van der Waals surface area (Å²) in [7, 11) is 0. The number of H-pyrrole nitrogens is 1. The van der Waals surface area contributed by atoms with Crippen LogP contribution in [-0.4, -0.2) is 27.1 Å². The number of aromatic nitrogens is 2. The summed E-state index contributed by atoms with van der Waals surface area (Å²) in [6, 6.07) is 9.13. The van der Waals surface area contributed by atoms with Crippen LogP contribution in [0.1, 0.15) is 34.6 Å². The van der Waals surface area contributed by atoms with Crippen molar-refractivity contribution in [3.63, 3.8) is 0 Å². The fourth-order valence-corrected chi connectivity index (χ4v) is 4.96. The molecule has 1 N–H and O–H groups in total. The second kappa shape index (κ2) is 6.64. The largest absolute Gasteiger partial charge is 0.370 e. The predicted octanol–water partition coefficient (Wildman–Crippen LogP) is 3.81. The summed E-state index contributed by atoms with van der Waals surface area (Å²) in [5.41, 5.74) is 1.30. The fourth-order valence-electron chi connectivity index (χ4n) is 3.04. The number of ether oxygens (including phenoxy) is 1. The highest BCUT2D eigenvalue weighted by Gasteiger charge is 2.30. The molecule has 7 heteroatoms. The Morgan fingerprint density at radius 2 is 2.12 bits per heavy atom. The number of ketones is 1. The van der Waals surface area contributed by atoms with Crippen molar-refractivity contribution in [1.29, 1.82) is 0 Å². The van der Waals surface area contributed by atoms with Crippen LogP contribution >= 0.6 is 23.1 Å². The molecule has 2 aromatic heterocycles. The molecule has 0 bridgehead atoms. The summed E-state index contributed by atoms with van der Waals surface area (Å²) in [4.78, 5) is 34.1. The van der Waals surface area contributed by atoms with Gasteiger partial charge in [-0.15, -0.1) is 11.3 Å². The van der Waals surface area contributed by atoms with Gasteiger partial charge in [0.15, 0.2) is 10.9 Å². The molecule has 5 nitrogen and oxygen atoms in total. The number of Topliss-reactive ketones (excluding diaryl/α,β-unsaturated/α-hetero) is 1. The minimum Gasteiger partial charge on any atom is -0.370 e. The number of aromatic amines is 1. The second-order valence-corrected chi connectivity index (χ2v) is 8.91. The average Bonchev–Trinajstić information content (AvgIpc) is 2.97. The number of benzene rings is 1. The van der Waals surface area contributed by atoms with Gasteiger partial charge in [0.05, 0.1) is 23.3 Å². The number of thioether (sulfide) groups is 1. The van der Waals surface area contributed by atoms with Crippen LogP contribution in [0.15, 0.2) is 40.3 Å². The van der Waals surface area contributed by atoms with Crippen molar-refractivity contribution < 1.29 is 9.53 Å². The molecule has 0 unspecified atom stereocenters. The topological polar surface area (TPSA) is 72.0 Å². The van der Waals surface area contributed by atoms with Crippen molar-refractivity contribution in [3.8, 4) is 0 Å². The van der Waals surface area contributed by atoms with Crippen LogP contribution in [0.3, 0.4) is 0 Å². The normalized spacial score (nSPS) is 15.8. The van der Waals surface area contributed by atoms with E-state index in [1.54, 1.807) is 12.1 Å². The van der Waals surface area contributed by atoms with E-state index in [2.05, 4.69) is 9.97 Å². The van der Waals surface area contributed by atoms with Crippen molar-refractivity contribution in [2.24, 2.45) is 0 Å². The maximum Gasteiger partial charge on any atom is 0.260 e. The third-order valence-corrected chi connectivity index (χ3v) is 6.33. The minimum atomic E-state index is -0.275. The van der Waals surface area contributed by atoms with Gasteiger partial charge in [-0.1, -0.05) is 42.1 Å². The number of carbonyl (C=O) groups is 1. The summed E-state index contributed by atoms with van der Waals surface area (Å²) in [6.45, 7) is 4.57. The number of hydrogen-bond donors (Lipinski definition) is 1. The van der Waals surface area contributed by atoms with Gasteiger partial charge in [-0.3, -0.25) is 9.59 Å². The molecule has 0 saturated carbocycles. The standard InChI is InChI=1S/C19H18N2O3S2/c1-19(2)8-12-14(9-24-19)26-17-15(12)16(23)20-18(21-17)25-10-13(22)11-6-4-3-5-7-11/h3-7H,8-10H2,1-2H3,(H,20,21,23). The maximum atomic E-state index is 12.6. The molecule has 26 heavy (non-hydrogen) atoms. The number of nitrogens with zero attached hydrogens (tertiary/aromatic N) is 1. The third kappa shape index (κ3) is 3.34. The first-order valence-corrected chi connectivity index (χ1v) is 10.1. The number of hydrogen-bond acceptors (Lipinski definition) is 6. The van der Waals surface area contributed by atoms with Crippen LogP contribution in [0.2, 0.25) is 0 Å². The first-order valence-electron chi connectivity index (χ1n) is 8.32. The number of nitrogens with one attached hydrogen (secondary N) is 1. The molecule has 4 rings (SSSR count). The Labute approximate surface area is 158 Å². The maximum absolute atomic E-state index is 12.6. The summed E-state index contributed by atoms with van der Waals surface area (Å²) >= 11 is 2.76. The Hall–Kier alpha value is -1.96. The predicted molar refractivity (Wildman–Crippen MR) is 104 cm³/mol. The molecule has 3 heterocycles. The Balaban J connectivity index is 1.60. The molecule has 0 atom stereocenters. The van der Waals surface area contributed by atoms with Crippen LogP contribution in [0, 0.1) is 0 Å². The number of fused-ring (bicyclic) bond motifs is 3. The molecule has 0 amide bonds. The molecule has 1 aromatic carbocycles. The highest BCUT2D eigenvalue weighted by atomic mass is 32.2. The average molecular weight is 386 g/mol. The van der Waals surface area contributed by atoms with E-state index < -0.39 is 0 Å². The molecule has 1 aliphatic rings. The summed E-state index contributed by atoms with van der Waals surface area (Å²) in [5.74, 6) is 0.249. The van der Waals surface area contributed by atoms with Gasteiger partial charge < -0.3 is 9.72 Å². The van der Waals surface area contributed by atoms with Crippen LogP contribution in [0.5, 0.6) is 0 Å². The molecule has 134 valence electrons. The zero-order chi connectivity index (χ0) is 18.3. The minimum absolute atomic E-state index is 0.0129. The fraction of sp³-hybridized carbons (Fsp3) is 0.316. The summed E-state index contributed by atoms with van der Waals surface area (Å²) < 4.78 is 5.84. The lowest BCUT2D eigenvalue weighted by molar-refractivity contribution is -0.0379. The zero-order valence-corrected chi connectivity index (χ0v) is 16.1. The molecule has 0 saturated heterocycles. The Morgan fingerprint density at radius 3 is 2.88 bits per heavy atom. The van der Waals surface area contributed by atoms with Crippen LogP contribution in [-0.2, 0) is 17.8 Å². The van der Waals surface area contributed by atoms with Gasteiger partial charge in [0, 0.05) is 16.9 Å². The van der Waals surface area contributed by atoms with Crippen molar-refractivity contribution >= 4 is 39.1 Å². The molecule has 0 spiro atoms. The van der Waals surface area contributed by atoms with E-state index in [9.17, 15) is 9.59 Å². The van der Waals surface area contributed by atoms with Crippen molar-refractivity contribution in [2.75, 3.05) is 5.75 Å². The highest BCUT2D eigenvalue weighted by molar-refractivity contribution is 7.99. The Bertz CT molecular complexity index is 1040. The monoisotopic (exact) mass is 386 g/mol. The number of rotatable bonds is 4. The van der Waals surface area contributed by atoms with Crippen molar-refractivity contribution in [1.82, 2.24) is 9.97 Å². The Morgan fingerprint density at radius 1 is 1.35 bits per heavy atom. The molecule has 0 radical (unpaired) electrons. The van der Waals surface area contributed by atoms with E-state index in [4.69, 9.17) is 4.74 Å². The number of carbonyl (C=O) groups excluding carboxylic acids is 1. The quantitative estimate of drug-likeness (QED) is 0.419. The molecule has 0 fully saturated rings. The summed E-state index contributed by atoms with van der Waals surface area (Å²) in [5, 5.41) is 1.14.